The number of likely N-dealkylation sites (tertiary alicyclic amines) is 1. The number of amides is 1. The van der Waals surface area contributed by atoms with E-state index in [1.54, 1.807) is 11.9 Å². The Bertz CT molecular complexity index is 1310. The van der Waals surface area contributed by atoms with Crippen molar-refractivity contribution in [2.45, 2.75) is 61.1 Å². The van der Waals surface area contributed by atoms with Gasteiger partial charge in [0.1, 0.15) is 11.9 Å². The van der Waals surface area contributed by atoms with Crippen molar-refractivity contribution in [3.63, 3.8) is 0 Å². The highest BCUT2D eigenvalue weighted by Crippen LogP contribution is 2.64. The zero-order chi connectivity index (χ0) is 26.9. The van der Waals surface area contributed by atoms with E-state index in [4.69, 9.17) is 4.74 Å². The topological polar surface area (TPSA) is 53.0 Å². The molecule has 2 aromatic rings. The zero-order valence-corrected chi connectivity index (χ0v) is 21.2. The van der Waals surface area contributed by atoms with E-state index in [0.717, 1.165) is 42.8 Å². The zero-order valence-electron chi connectivity index (χ0n) is 21.2. The summed E-state index contributed by atoms with van der Waals surface area (Å²) in [6, 6.07) is 10.5. The number of halogens is 3. The number of ether oxygens (including phenoxy) is 1. The average molecular weight is 525 g/mol. The van der Waals surface area contributed by atoms with E-state index in [9.17, 15) is 23.1 Å². The normalized spacial score (nSPS) is 31.6. The first-order chi connectivity index (χ1) is 18.1. The Hall–Kier alpha value is -3.10. The van der Waals surface area contributed by atoms with Gasteiger partial charge in [0.05, 0.1) is 22.6 Å². The number of carbonyl (C=O) groups is 1. The minimum Gasteiger partial charge on any atom is -0.487 e. The van der Waals surface area contributed by atoms with Crippen molar-refractivity contribution in [1.82, 2.24) is 9.80 Å². The molecule has 2 bridgehead atoms. The van der Waals surface area contributed by atoms with Crippen LogP contribution in [-0.2, 0) is 22.8 Å². The molecule has 1 N–H and O–H groups in total. The van der Waals surface area contributed by atoms with Crippen LogP contribution in [0.1, 0.15) is 41.5 Å². The molecule has 1 saturated heterocycles. The summed E-state index contributed by atoms with van der Waals surface area (Å²) in [6.07, 6.45) is 2.62. The molecule has 8 heteroatoms. The molecule has 0 radical (unpaired) electrons. The maximum Gasteiger partial charge on any atom is 0.416 e. The molecule has 4 aliphatic rings. The van der Waals surface area contributed by atoms with Crippen LogP contribution in [0.15, 0.2) is 61.2 Å². The third-order valence-corrected chi connectivity index (χ3v) is 9.31. The number of aliphatic hydroxyl groups is 1. The van der Waals surface area contributed by atoms with Crippen LogP contribution in [0.25, 0.3) is 6.08 Å². The molecular formula is C30H31F3N2O3. The molecule has 2 heterocycles. The van der Waals surface area contributed by atoms with E-state index < -0.39 is 22.8 Å². The van der Waals surface area contributed by atoms with Crippen LogP contribution >= 0.6 is 0 Å². The summed E-state index contributed by atoms with van der Waals surface area (Å²) in [7, 11) is 1.74. The Morgan fingerprint density at radius 2 is 2.00 bits per heavy atom. The summed E-state index contributed by atoms with van der Waals surface area (Å²) in [6.45, 7) is 5.43. The van der Waals surface area contributed by atoms with Crippen LogP contribution in [0, 0.1) is 0 Å². The van der Waals surface area contributed by atoms with Gasteiger partial charge in [0.15, 0.2) is 0 Å². The lowest BCUT2D eigenvalue weighted by molar-refractivity contribution is -0.198. The van der Waals surface area contributed by atoms with Gasteiger partial charge < -0.3 is 14.7 Å². The van der Waals surface area contributed by atoms with Crippen molar-refractivity contribution in [2.24, 2.45) is 0 Å². The van der Waals surface area contributed by atoms with Gasteiger partial charge in [-0.1, -0.05) is 30.3 Å². The minimum atomic E-state index is -4.40. The van der Waals surface area contributed by atoms with Gasteiger partial charge in [0.2, 0.25) is 5.91 Å². The van der Waals surface area contributed by atoms with Crippen LogP contribution in [0.5, 0.6) is 5.75 Å². The van der Waals surface area contributed by atoms with Crippen molar-refractivity contribution in [2.75, 3.05) is 20.1 Å². The number of alkyl halides is 3. The summed E-state index contributed by atoms with van der Waals surface area (Å²) in [4.78, 5) is 17.3. The molecule has 1 amide bonds. The predicted molar refractivity (Wildman–Crippen MR) is 138 cm³/mol. The summed E-state index contributed by atoms with van der Waals surface area (Å²) in [5, 5.41) is 12.4. The Morgan fingerprint density at radius 3 is 2.71 bits per heavy atom. The fourth-order valence-corrected chi connectivity index (χ4v) is 7.59. The number of benzene rings is 2. The van der Waals surface area contributed by atoms with Crippen LogP contribution in [0.2, 0.25) is 0 Å². The van der Waals surface area contributed by atoms with Crippen LogP contribution in [0.4, 0.5) is 13.2 Å². The number of likely N-dealkylation sites (N-methyl/N-ethyl adjacent to an activating group) is 1. The number of nitrogens with zero attached hydrogens (tertiary/aromatic N) is 2. The van der Waals surface area contributed by atoms with Crippen LogP contribution < -0.4 is 4.74 Å². The van der Waals surface area contributed by atoms with Gasteiger partial charge in [-0.15, -0.1) is 6.58 Å². The van der Waals surface area contributed by atoms with Gasteiger partial charge in [-0.05, 0) is 67.6 Å². The third-order valence-electron chi connectivity index (χ3n) is 9.31. The van der Waals surface area contributed by atoms with E-state index in [0.29, 0.717) is 24.9 Å². The van der Waals surface area contributed by atoms with E-state index in [-0.39, 0.29) is 24.1 Å². The molecule has 5 atom stereocenters. The van der Waals surface area contributed by atoms with E-state index in [1.807, 2.05) is 18.2 Å². The highest BCUT2D eigenvalue weighted by molar-refractivity contribution is 5.92. The van der Waals surface area contributed by atoms with Crippen LogP contribution in [0.3, 0.4) is 0 Å². The minimum absolute atomic E-state index is 0.0530. The lowest BCUT2D eigenvalue weighted by Gasteiger charge is -2.64. The first kappa shape index (κ1) is 25.2. The summed E-state index contributed by atoms with van der Waals surface area (Å²) >= 11 is 0. The maximum absolute atomic E-state index is 13.3. The summed E-state index contributed by atoms with van der Waals surface area (Å²) in [5.74, 6) is 0.544. The number of carbonyl (C=O) groups excluding carboxylic acids is 1. The molecule has 1 saturated carbocycles. The third kappa shape index (κ3) is 3.49. The van der Waals surface area contributed by atoms with Crippen molar-refractivity contribution in [3.05, 3.63) is 83.4 Å². The Morgan fingerprint density at radius 1 is 1.24 bits per heavy atom. The molecule has 6 rings (SSSR count). The molecule has 38 heavy (non-hydrogen) atoms. The standard InChI is InChI=1S/C30H31F3N2O3/c1-3-16-35-17-15-28-26-20-5-4-6-23(26)38-27(28)22(13-14-29(28,37)24(35)18-20)34(2)25(36)12-9-19-7-10-21(11-8-19)30(31,32)33/h3-12,22,24,27,37H,1,13-18H2,2H3/b12-9+/t22?,24-,27?,28+,29-/m1/s1. The highest BCUT2D eigenvalue weighted by atomic mass is 19.4. The molecule has 200 valence electrons. The molecule has 2 aromatic carbocycles. The Labute approximate surface area is 220 Å². The lowest BCUT2D eigenvalue weighted by Crippen LogP contribution is -2.78. The fraction of sp³-hybridized carbons (Fsp3) is 0.433. The van der Waals surface area contributed by atoms with Gasteiger partial charge >= 0.3 is 6.18 Å². The summed E-state index contributed by atoms with van der Waals surface area (Å²) < 4.78 is 45.2. The maximum atomic E-state index is 13.3. The largest absolute Gasteiger partial charge is 0.487 e. The SMILES string of the molecule is C=CCN1CC[C@]23c4c5cccc4OC2C(N(C)C(=O)/C=C/c2ccc(C(F)(F)F)cc2)CC[C@@]3(O)[C@H]1C5. The number of piperidine rings is 1. The van der Waals surface area contributed by atoms with E-state index in [1.165, 1.54) is 29.8 Å². The second kappa shape index (κ2) is 8.71. The molecular weight excluding hydrogens is 493 g/mol. The Kier molecular flexibility index (Phi) is 5.78. The van der Waals surface area contributed by atoms with Crippen molar-refractivity contribution >= 4 is 12.0 Å². The molecule has 0 aromatic heterocycles. The van der Waals surface area contributed by atoms with E-state index >= 15 is 0 Å². The highest BCUT2D eigenvalue weighted by Gasteiger charge is 2.72. The lowest BCUT2D eigenvalue weighted by atomic mass is 9.48. The second-order valence-electron chi connectivity index (χ2n) is 11.0. The number of hydrogen-bond acceptors (Lipinski definition) is 4. The van der Waals surface area contributed by atoms with E-state index in [2.05, 4.69) is 17.5 Å². The van der Waals surface area contributed by atoms with Gasteiger partial charge in [0, 0.05) is 31.3 Å². The van der Waals surface area contributed by atoms with Gasteiger partial charge in [-0.3, -0.25) is 9.69 Å². The van der Waals surface area contributed by atoms with Gasteiger partial charge in [0.25, 0.3) is 0 Å². The Balaban J connectivity index is 1.29. The number of hydrogen-bond donors (Lipinski definition) is 1. The average Bonchev–Trinajstić information content (AvgIpc) is 3.23. The first-order valence-electron chi connectivity index (χ1n) is 13.1. The summed E-state index contributed by atoms with van der Waals surface area (Å²) in [5.41, 5.74) is 0.506. The molecule has 2 aliphatic carbocycles. The second-order valence-corrected chi connectivity index (χ2v) is 11.0. The smallest absolute Gasteiger partial charge is 0.416 e. The first-order valence-corrected chi connectivity index (χ1v) is 13.1. The molecule has 5 nitrogen and oxygen atoms in total. The van der Waals surface area contributed by atoms with Crippen LogP contribution in [-0.4, -0.2) is 64.7 Å². The fourth-order valence-electron chi connectivity index (χ4n) is 7.59. The predicted octanol–water partition coefficient (Wildman–Crippen LogP) is 4.59. The molecule has 2 unspecified atom stereocenters. The van der Waals surface area contributed by atoms with Gasteiger partial charge in [-0.25, -0.2) is 0 Å². The van der Waals surface area contributed by atoms with Crippen molar-refractivity contribution < 1.29 is 27.8 Å². The van der Waals surface area contributed by atoms with Crippen molar-refractivity contribution in [3.8, 4) is 5.75 Å². The molecule has 2 aliphatic heterocycles. The van der Waals surface area contributed by atoms with Gasteiger partial charge in [-0.2, -0.15) is 13.2 Å². The number of rotatable bonds is 5. The van der Waals surface area contributed by atoms with Crippen molar-refractivity contribution in [1.29, 1.82) is 0 Å². The molecule has 2 fully saturated rings. The molecule has 1 spiro atoms. The quantitative estimate of drug-likeness (QED) is 0.460. The monoisotopic (exact) mass is 524 g/mol.